The molecule has 164 valence electrons. The Morgan fingerprint density at radius 1 is 1.16 bits per heavy atom. The van der Waals surface area contributed by atoms with E-state index in [1.54, 1.807) is 42.4 Å². The Morgan fingerprint density at radius 2 is 2.00 bits per heavy atom. The van der Waals surface area contributed by atoms with E-state index in [1.165, 1.54) is 12.1 Å². The van der Waals surface area contributed by atoms with Crippen LogP contribution in [0.25, 0.3) is 11.4 Å². The molecule has 3 heterocycles. The summed E-state index contributed by atoms with van der Waals surface area (Å²) in [5.41, 5.74) is 0.737. The fraction of sp³-hybridized carbons (Fsp3) is 0.190. The molecule has 0 radical (unpaired) electrons. The van der Waals surface area contributed by atoms with E-state index < -0.39 is 0 Å². The standard InChI is InChI=1S/C21H20FN7O2S/c1-13(8-9-30)32-17-10-18(31-16-5-3-15(22)4-6-16)21(24-12-17)25-19-7-2-14(11-23-19)20-26-28-29-27-20/h2-7,10-13,30H,8-9H2,1H3,(H,23,24,25)(H,26,27,28,29). The third kappa shape index (κ3) is 5.56. The van der Waals surface area contributed by atoms with E-state index >= 15 is 0 Å². The molecule has 32 heavy (non-hydrogen) atoms. The molecule has 9 nitrogen and oxygen atoms in total. The fourth-order valence-electron chi connectivity index (χ4n) is 2.78. The van der Waals surface area contributed by atoms with Gasteiger partial charge in [0.2, 0.25) is 0 Å². The van der Waals surface area contributed by atoms with Crippen LogP contribution >= 0.6 is 11.8 Å². The lowest BCUT2D eigenvalue weighted by molar-refractivity contribution is 0.289. The zero-order valence-corrected chi connectivity index (χ0v) is 17.9. The smallest absolute Gasteiger partial charge is 0.180 e. The number of aliphatic hydroxyl groups excluding tert-OH is 1. The van der Waals surface area contributed by atoms with Gasteiger partial charge in [-0.1, -0.05) is 6.92 Å². The average molecular weight is 454 g/mol. The molecule has 1 aromatic carbocycles. The summed E-state index contributed by atoms with van der Waals surface area (Å²) in [7, 11) is 0. The van der Waals surface area contributed by atoms with E-state index in [9.17, 15) is 4.39 Å². The number of pyridine rings is 2. The zero-order chi connectivity index (χ0) is 22.3. The number of nitrogens with zero attached hydrogens (tertiary/aromatic N) is 5. The highest BCUT2D eigenvalue weighted by molar-refractivity contribution is 7.99. The number of rotatable bonds is 9. The first-order chi connectivity index (χ1) is 15.6. The molecule has 1 unspecified atom stereocenters. The van der Waals surface area contributed by atoms with Crippen molar-refractivity contribution in [2.24, 2.45) is 0 Å². The highest BCUT2D eigenvalue weighted by atomic mass is 32.2. The number of hydrogen-bond acceptors (Lipinski definition) is 9. The lowest BCUT2D eigenvalue weighted by Gasteiger charge is -2.15. The minimum atomic E-state index is -0.345. The number of aromatic amines is 1. The molecule has 1 atom stereocenters. The minimum Gasteiger partial charge on any atom is -0.453 e. The summed E-state index contributed by atoms with van der Waals surface area (Å²) in [4.78, 5) is 9.77. The summed E-state index contributed by atoms with van der Waals surface area (Å²) in [5, 5.41) is 26.2. The molecule has 0 aliphatic rings. The van der Waals surface area contributed by atoms with Crippen LogP contribution in [0.15, 0.2) is 59.8 Å². The van der Waals surface area contributed by atoms with Crippen LogP contribution < -0.4 is 10.1 Å². The van der Waals surface area contributed by atoms with E-state index in [0.29, 0.717) is 35.4 Å². The summed E-state index contributed by atoms with van der Waals surface area (Å²) in [6.07, 6.45) is 4.02. The van der Waals surface area contributed by atoms with Gasteiger partial charge in [0.15, 0.2) is 17.4 Å². The van der Waals surface area contributed by atoms with E-state index in [2.05, 4.69) is 35.9 Å². The number of thioether (sulfide) groups is 1. The number of tetrazole rings is 1. The summed E-state index contributed by atoms with van der Waals surface area (Å²) >= 11 is 1.58. The van der Waals surface area contributed by atoms with Gasteiger partial charge in [0.1, 0.15) is 17.4 Å². The second-order valence-corrected chi connectivity index (χ2v) is 8.33. The maximum atomic E-state index is 13.3. The first kappa shape index (κ1) is 21.7. The molecular formula is C21H20FN7O2S. The molecule has 0 amide bonds. The Hall–Kier alpha value is -3.57. The Morgan fingerprint density at radius 3 is 2.69 bits per heavy atom. The molecule has 3 N–H and O–H groups in total. The fourth-order valence-corrected chi connectivity index (χ4v) is 3.75. The molecule has 0 aliphatic carbocycles. The SMILES string of the molecule is CC(CCO)Sc1cnc(Nc2ccc(-c3nnn[nH]3)cn2)c(Oc2ccc(F)cc2)c1. The zero-order valence-electron chi connectivity index (χ0n) is 17.1. The summed E-state index contributed by atoms with van der Waals surface area (Å²) in [5.74, 6) is 2.11. The van der Waals surface area contributed by atoms with Crippen molar-refractivity contribution in [3.8, 4) is 22.9 Å². The van der Waals surface area contributed by atoms with E-state index in [4.69, 9.17) is 9.84 Å². The number of aliphatic hydroxyl groups is 1. The predicted molar refractivity (Wildman–Crippen MR) is 118 cm³/mol. The van der Waals surface area contributed by atoms with E-state index in [1.807, 2.05) is 19.1 Å². The molecule has 3 aromatic heterocycles. The number of nitrogens with one attached hydrogen (secondary N) is 2. The van der Waals surface area contributed by atoms with Gasteiger partial charge in [0, 0.05) is 34.7 Å². The molecule has 0 saturated carbocycles. The van der Waals surface area contributed by atoms with Gasteiger partial charge >= 0.3 is 0 Å². The monoisotopic (exact) mass is 453 g/mol. The summed E-state index contributed by atoms with van der Waals surface area (Å²) in [6.45, 7) is 2.15. The largest absolute Gasteiger partial charge is 0.453 e. The molecule has 11 heteroatoms. The number of halogens is 1. The molecular weight excluding hydrogens is 433 g/mol. The van der Waals surface area contributed by atoms with E-state index in [0.717, 1.165) is 10.5 Å². The van der Waals surface area contributed by atoms with Gasteiger partial charge in [-0.15, -0.1) is 16.9 Å². The third-order valence-electron chi connectivity index (χ3n) is 4.37. The van der Waals surface area contributed by atoms with Gasteiger partial charge in [-0.05, 0) is 59.3 Å². The van der Waals surface area contributed by atoms with Gasteiger partial charge in [-0.2, -0.15) is 0 Å². The van der Waals surface area contributed by atoms with Gasteiger partial charge in [0.25, 0.3) is 0 Å². The number of anilines is 2. The number of benzene rings is 1. The maximum absolute atomic E-state index is 13.3. The highest BCUT2D eigenvalue weighted by Gasteiger charge is 2.13. The Bertz CT molecular complexity index is 1140. The second kappa shape index (κ2) is 10.2. The van der Waals surface area contributed by atoms with Crippen LogP contribution in [0, 0.1) is 5.82 Å². The quantitative estimate of drug-likeness (QED) is 0.320. The topological polar surface area (TPSA) is 122 Å². The van der Waals surface area contributed by atoms with Gasteiger partial charge in [0.05, 0.1) is 0 Å². The molecule has 4 aromatic rings. The molecule has 0 fully saturated rings. The van der Waals surface area contributed by atoms with Crippen molar-refractivity contribution >= 4 is 23.4 Å². The van der Waals surface area contributed by atoms with Crippen molar-refractivity contribution in [1.29, 1.82) is 0 Å². The molecule has 0 spiro atoms. The third-order valence-corrected chi connectivity index (χ3v) is 5.50. The number of aromatic nitrogens is 6. The molecule has 0 bridgehead atoms. The predicted octanol–water partition coefficient (Wildman–Crippen LogP) is 4.19. The lowest BCUT2D eigenvalue weighted by Crippen LogP contribution is -2.02. The van der Waals surface area contributed by atoms with Crippen molar-refractivity contribution in [3.05, 3.63) is 60.7 Å². The molecule has 4 rings (SSSR count). The van der Waals surface area contributed by atoms with Gasteiger partial charge < -0.3 is 15.2 Å². The van der Waals surface area contributed by atoms with Crippen LogP contribution in [-0.4, -0.2) is 47.6 Å². The number of H-pyrrole nitrogens is 1. The summed E-state index contributed by atoms with van der Waals surface area (Å²) < 4.78 is 19.3. The minimum absolute atomic E-state index is 0.117. The highest BCUT2D eigenvalue weighted by Crippen LogP contribution is 2.35. The first-order valence-corrected chi connectivity index (χ1v) is 10.7. The Kier molecular flexibility index (Phi) is 6.87. The van der Waals surface area contributed by atoms with Crippen LogP contribution in [0.3, 0.4) is 0 Å². The van der Waals surface area contributed by atoms with Crippen molar-refractivity contribution in [3.63, 3.8) is 0 Å². The lowest BCUT2D eigenvalue weighted by atomic mass is 10.2. The van der Waals surface area contributed by atoms with Crippen LogP contribution in [0.4, 0.5) is 16.0 Å². The van der Waals surface area contributed by atoms with Crippen molar-refractivity contribution < 1.29 is 14.2 Å². The normalized spacial score (nSPS) is 11.8. The Labute approximate surface area is 187 Å². The first-order valence-electron chi connectivity index (χ1n) is 9.79. The molecule has 0 aliphatic heterocycles. The van der Waals surface area contributed by atoms with Crippen molar-refractivity contribution in [1.82, 2.24) is 30.6 Å². The maximum Gasteiger partial charge on any atom is 0.180 e. The van der Waals surface area contributed by atoms with Crippen molar-refractivity contribution in [2.75, 3.05) is 11.9 Å². The summed E-state index contributed by atoms with van der Waals surface area (Å²) in [6, 6.07) is 11.2. The average Bonchev–Trinajstić information content (AvgIpc) is 3.33. The number of ether oxygens (including phenoxy) is 1. The van der Waals surface area contributed by atoms with Gasteiger partial charge in [-0.25, -0.2) is 19.5 Å². The Balaban J connectivity index is 1.58. The van der Waals surface area contributed by atoms with Crippen LogP contribution in [0.1, 0.15) is 13.3 Å². The van der Waals surface area contributed by atoms with Gasteiger partial charge in [-0.3, -0.25) is 0 Å². The van der Waals surface area contributed by atoms with Crippen LogP contribution in [-0.2, 0) is 0 Å². The van der Waals surface area contributed by atoms with Crippen molar-refractivity contribution in [2.45, 2.75) is 23.5 Å². The van der Waals surface area contributed by atoms with Crippen LogP contribution in [0.5, 0.6) is 11.5 Å². The molecule has 0 saturated heterocycles. The van der Waals surface area contributed by atoms with Crippen LogP contribution in [0.2, 0.25) is 0 Å². The van der Waals surface area contributed by atoms with E-state index in [-0.39, 0.29) is 17.7 Å². The second-order valence-electron chi connectivity index (χ2n) is 6.82. The number of hydrogen-bond donors (Lipinski definition) is 3.